The number of aromatic carboxylic acids is 1. The Bertz CT molecular complexity index is 1580. The third-order valence-electron chi connectivity index (χ3n) is 5.98. The first-order valence-electron chi connectivity index (χ1n) is 11.2. The molecule has 0 fully saturated rings. The number of carbonyl (C=O) groups is 1. The number of hydrogen-bond donors (Lipinski definition) is 1. The Morgan fingerprint density at radius 1 is 0.857 bits per heavy atom. The first kappa shape index (κ1) is 20.7. The number of pyridine rings is 2. The van der Waals surface area contributed by atoms with E-state index in [1.807, 2.05) is 65.6 Å². The van der Waals surface area contributed by atoms with E-state index in [0.717, 1.165) is 22.5 Å². The molecule has 1 aliphatic heterocycles. The van der Waals surface area contributed by atoms with Crippen LogP contribution in [0.1, 0.15) is 15.9 Å². The van der Waals surface area contributed by atoms with Gasteiger partial charge in [-0.05, 0) is 41.5 Å². The number of nitrogens with zero attached hydrogens (tertiary/aromatic N) is 6. The molecule has 1 N–H and O–H groups in total. The SMILES string of the molecule is O=C(O)c1ccccc1C1=NCCN1c1cc(-c2ccncc2)cc2nc(-c3ccccc3)nn12. The Kier molecular flexibility index (Phi) is 5.03. The summed E-state index contributed by atoms with van der Waals surface area (Å²) < 4.78 is 1.80. The fourth-order valence-corrected chi connectivity index (χ4v) is 4.35. The third-order valence-corrected chi connectivity index (χ3v) is 5.98. The maximum atomic E-state index is 11.9. The van der Waals surface area contributed by atoms with Gasteiger partial charge >= 0.3 is 5.97 Å². The number of aliphatic imine (C=N–C) groups is 1. The Morgan fingerprint density at radius 2 is 1.63 bits per heavy atom. The molecule has 0 spiro atoms. The molecule has 4 heterocycles. The minimum absolute atomic E-state index is 0.211. The molecule has 1 aliphatic rings. The Morgan fingerprint density at radius 3 is 2.43 bits per heavy atom. The van der Waals surface area contributed by atoms with Crippen LogP contribution in [0.25, 0.3) is 28.2 Å². The lowest BCUT2D eigenvalue weighted by Gasteiger charge is -2.22. The quantitative estimate of drug-likeness (QED) is 0.417. The molecule has 0 atom stereocenters. The zero-order chi connectivity index (χ0) is 23.8. The van der Waals surface area contributed by atoms with Crippen molar-refractivity contribution in [2.45, 2.75) is 0 Å². The largest absolute Gasteiger partial charge is 0.478 e. The van der Waals surface area contributed by atoms with Crippen LogP contribution in [0.15, 0.2) is 96.2 Å². The molecule has 0 saturated carbocycles. The average molecular weight is 460 g/mol. The van der Waals surface area contributed by atoms with E-state index in [9.17, 15) is 9.90 Å². The molecular weight excluding hydrogens is 440 g/mol. The van der Waals surface area contributed by atoms with Crippen LogP contribution < -0.4 is 4.90 Å². The number of aromatic nitrogens is 4. The maximum Gasteiger partial charge on any atom is 0.336 e. The highest BCUT2D eigenvalue weighted by Crippen LogP contribution is 2.30. The fourth-order valence-electron chi connectivity index (χ4n) is 4.35. The molecule has 5 aromatic rings. The third kappa shape index (κ3) is 3.71. The van der Waals surface area contributed by atoms with Gasteiger partial charge in [-0.15, -0.1) is 5.10 Å². The van der Waals surface area contributed by atoms with Crippen molar-refractivity contribution in [2.75, 3.05) is 18.0 Å². The van der Waals surface area contributed by atoms with E-state index in [1.54, 1.807) is 35.1 Å². The lowest BCUT2D eigenvalue weighted by Crippen LogP contribution is -2.31. The number of anilines is 1. The highest BCUT2D eigenvalue weighted by molar-refractivity contribution is 6.15. The molecule has 0 radical (unpaired) electrons. The summed E-state index contributed by atoms with van der Waals surface area (Å²) in [6.07, 6.45) is 3.51. The van der Waals surface area contributed by atoms with E-state index in [0.29, 0.717) is 36.0 Å². The molecule has 2 aromatic carbocycles. The smallest absolute Gasteiger partial charge is 0.336 e. The van der Waals surface area contributed by atoms with Gasteiger partial charge in [0, 0.05) is 30.1 Å². The van der Waals surface area contributed by atoms with Gasteiger partial charge < -0.3 is 10.0 Å². The van der Waals surface area contributed by atoms with Crippen LogP contribution in [-0.4, -0.2) is 49.6 Å². The van der Waals surface area contributed by atoms with Crippen LogP contribution in [0.4, 0.5) is 5.82 Å². The van der Waals surface area contributed by atoms with Gasteiger partial charge in [-0.2, -0.15) is 4.52 Å². The molecule has 8 nitrogen and oxygen atoms in total. The van der Waals surface area contributed by atoms with E-state index in [-0.39, 0.29) is 5.56 Å². The first-order valence-corrected chi connectivity index (χ1v) is 11.2. The Hall–Kier alpha value is -4.85. The second-order valence-electron chi connectivity index (χ2n) is 8.12. The summed E-state index contributed by atoms with van der Waals surface area (Å²) in [6, 6.07) is 24.7. The van der Waals surface area contributed by atoms with Crippen molar-refractivity contribution in [1.82, 2.24) is 19.6 Å². The molecule has 170 valence electrons. The Labute approximate surface area is 200 Å². The molecule has 0 amide bonds. The van der Waals surface area contributed by atoms with E-state index in [2.05, 4.69) is 9.98 Å². The van der Waals surface area contributed by atoms with Gasteiger partial charge in [-0.3, -0.25) is 9.98 Å². The predicted octanol–water partition coefficient (Wildman–Crippen LogP) is 4.42. The first-order chi connectivity index (χ1) is 17.2. The van der Waals surface area contributed by atoms with Crippen LogP contribution in [0.3, 0.4) is 0 Å². The van der Waals surface area contributed by atoms with Gasteiger partial charge in [0.25, 0.3) is 0 Å². The monoisotopic (exact) mass is 460 g/mol. The number of rotatable bonds is 5. The lowest BCUT2D eigenvalue weighted by atomic mass is 10.1. The molecule has 0 bridgehead atoms. The fraction of sp³-hybridized carbons (Fsp3) is 0.0741. The topological polar surface area (TPSA) is 96.0 Å². The molecule has 8 heteroatoms. The van der Waals surface area contributed by atoms with Crippen molar-refractivity contribution in [3.8, 4) is 22.5 Å². The zero-order valence-corrected chi connectivity index (χ0v) is 18.6. The summed E-state index contributed by atoms with van der Waals surface area (Å²) in [5.74, 6) is 0.994. The summed E-state index contributed by atoms with van der Waals surface area (Å²) in [7, 11) is 0. The van der Waals surface area contributed by atoms with E-state index < -0.39 is 5.97 Å². The predicted molar refractivity (Wildman–Crippen MR) is 134 cm³/mol. The Balaban J connectivity index is 1.55. The zero-order valence-electron chi connectivity index (χ0n) is 18.6. The van der Waals surface area contributed by atoms with Crippen molar-refractivity contribution < 1.29 is 9.90 Å². The summed E-state index contributed by atoms with van der Waals surface area (Å²) >= 11 is 0. The molecule has 0 saturated heterocycles. The second kappa shape index (κ2) is 8.49. The normalized spacial score (nSPS) is 13.3. The van der Waals surface area contributed by atoms with Crippen LogP contribution >= 0.6 is 0 Å². The summed E-state index contributed by atoms with van der Waals surface area (Å²) in [5, 5.41) is 14.6. The minimum Gasteiger partial charge on any atom is -0.478 e. The molecule has 0 aliphatic carbocycles. The van der Waals surface area contributed by atoms with Crippen molar-refractivity contribution in [3.05, 3.63) is 102 Å². The molecule has 0 unspecified atom stereocenters. The minimum atomic E-state index is -0.988. The number of amidine groups is 1. The highest BCUT2D eigenvalue weighted by atomic mass is 16.4. The van der Waals surface area contributed by atoms with Gasteiger partial charge in [-0.25, -0.2) is 9.78 Å². The van der Waals surface area contributed by atoms with E-state index >= 15 is 0 Å². The summed E-state index contributed by atoms with van der Waals surface area (Å²) in [6.45, 7) is 1.14. The van der Waals surface area contributed by atoms with Crippen LogP contribution in [0.5, 0.6) is 0 Å². The van der Waals surface area contributed by atoms with Crippen LogP contribution in [0.2, 0.25) is 0 Å². The van der Waals surface area contributed by atoms with Crippen molar-refractivity contribution in [1.29, 1.82) is 0 Å². The van der Waals surface area contributed by atoms with Crippen molar-refractivity contribution >= 4 is 23.3 Å². The summed E-state index contributed by atoms with van der Waals surface area (Å²) in [5.41, 5.74) is 4.34. The van der Waals surface area contributed by atoms with E-state index in [4.69, 9.17) is 10.1 Å². The maximum absolute atomic E-state index is 11.9. The van der Waals surface area contributed by atoms with Crippen LogP contribution in [0, 0.1) is 0 Å². The number of fused-ring (bicyclic) bond motifs is 1. The second-order valence-corrected chi connectivity index (χ2v) is 8.12. The van der Waals surface area contributed by atoms with Gasteiger partial charge in [0.2, 0.25) is 0 Å². The van der Waals surface area contributed by atoms with Crippen molar-refractivity contribution in [3.63, 3.8) is 0 Å². The number of carboxylic acids is 1. The molecule has 6 rings (SSSR count). The highest BCUT2D eigenvalue weighted by Gasteiger charge is 2.27. The van der Waals surface area contributed by atoms with Crippen LogP contribution in [-0.2, 0) is 0 Å². The van der Waals surface area contributed by atoms with Crippen molar-refractivity contribution in [2.24, 2.45) is 4.99 Å². The molecule has 35 heavy (non-hydrogen) atoms. The standard InChI is InChI=1S/C27H20N6O2/c34-27(35)22-9-5-4-8-21(22)26-29-14-15-32(26)24-17-20(18-10-12-28-13-11-18)16-23-30-25(31-33(23)24)19-6-2-1-3-7-19/h1-13,16-17H,14-15H2,(H,34,35). The van der Waals surface area contributed by atoms with E-state index in [1.165, 1.54) is 0 Å². The number of carboxylic acid groups (broad SMARTS) is 1. The van der Waals surface area contributed by atoms with Gasteiger partial charge in [0.1, 0.15) is 11.7 Å². The molecule has 3 aromatic heterocycles. The molecular formula is C27H20N6O2. The number of benzene rings is 2. The van der Waals surface area contributed by atoms with Gasteiger partial charge in [0.05, 0.1) is 12.1 Å². The average Bonchev–Trinajstić information content (AvgIpc) is 3.57. The number of hydrogen-bond acceptors (Lipinski definition) is 6. The lowest BCUT2D eigenvalue weighted by molar-refractivity contribution is 0.0696. The van der Waals surface area contributed by atoms with Gasteiger partial charge in [-0.1, -0.05) is 48.5 Å². The summed E-state index contributed by atoms with van der Waals surface area (Å²) in [4.78, 5) is 27.6. The van der Waals surface area contributed by atoms with Gasteiger partial charge in [0.15, 0.2) is 11.5 Å².